The first kappa shape index (κ1) is 15.8. The minimum absolute atomic E-state index is 0.0165. The number of imidazole rings is 1. The quantitative estimate of drug-likeness (QED) is 0.798. The first-order valence-electron chi connectivity index (χ1n) is 7.01. The molecule has 0 radical (unpaired) electrons. The molecule has 0 saturated carbocycles. The number of benzene rings is 1. The summed E-state index contributed by atoms with van der Waals surface area (Å²) in [5, 5.41) is 9.11. The molecule has 4 nitrogen and oxygen atoms in total. The maximum absolute atomic E-state index is 9.11. The monoisotopic (exact) mass is 304 g/mol. The second-order valence-electron chi connectivity index (χ2n) is 6.08. The molecule has 2 aromatic rings. The minimum Gasteiger partial charge on any atom is -0.326 e. The van der Waals surface area contributed by atoms with Crippen molar-refractivity contribution in [3.8, 4) is 6.07 Å². The smallest absolute Gasteiger partial charge is 0.111 e. The lowest BCUT2D eigenvalue weighted by molar-refractivity contribution is 0.170. The first-order chi connectivity index (χ1) is 9.89. The van der Waals surface area contributed by atoms with Crippen molar-refractivity contribution in [1.29, 1.82) is 5.26 Å². The predicted molar refractivity (Wildman–Crippen MR) is 86.6 cm³/mol. The summed E-state index contributed by atoms with van der Waals surface area (Å²) in [6.45, 7) is 5.19. The molecule has 0 atom stereocenters. The average molecular weight is 305 g/mol. The Morgan fingerprint density at radius 2 is 2.10 bits per heavy atom. The Morgan fingerprint density at radius 1 is 1.38 bits per heavy atom. The molecule has 0 fully saturated rings. The van der Waals surface area contributed by atoms with Crippen molar-refractivity contribution >= 4 is 22.6 Å². The summed E-state index contributed by atoms with van der Waals surface area (Å²) >= 11 is 5.91. The van der Waals surface area contributed by atoms with E-state index in [9.17, 15) is 0 Å². The van der Waals surface area contributed by atoms with E-state index in [1.807, 2.05) is 12.1 Å². The summed E-state index contributed by atoms with van der Waals surface area (Å²) < 4.78 is 2.19. The Kier molecular flexibility index (Phi) is 4.55. The Balaban J connectivity index is 2.57. The van der Waals surface area contributed by atoms with Crippen molar-refractivity contribution in [1.82, 2.24) is 14.5 Å². The van der Waals surface area contributed by atoms with Crippen LogP contribution >= 0.6 is 11.6 Å². The highest BCUT2D eigenvalue weighted by Gasteiger charge is 2.24. The van der Waals surface area contributed by atoms with E-state index in [0.29, 0.717) is 11.4 Å². The van der Waals surface area contributed by atoms with Gasteiger partial charge in [0, 0.05) is 24.4 Å². The molecular weight excluding hydrogens is 284 g/mol. The molecule has 0 unspecified atom stereocenters. The SMILES string of the molecule is CN(C)C(C)(C)Cn1c(CCCl)nc2ccc(C#N)cc21. The number of hydrogen-bond donors (Lipinski definition) is 0. The van der Waals surface area contributed by atoms with Crippen molar-refractivity contribution in [2.45, 2.75) is 32.4 Å². The minimum atomic E-state index is -0.0165. The zero-order valence-electron chi connectivity index (χ0n) is 13.0. The normalized spacial score (nSPS) is 12.0. The van der Waals surface area contributed by atoms with Gasteiger partial charge in [0.2, 0.25) is 0 Å². The van der Waals surface area contributed by atoms with Gasteiger partial charge in [-0.05, 0) is 46.1 Å². The molecular formula is C16H21ClN4. The van der Waals surface area contributed by atoms with Crippen LogP contribution in [-0.4, -0.2) is 40.0 Å². The molecule has 0 aliphatic rings. The first-order valence-corrected chi connectivity index (χ1v) is 7.55. The maximum atomic E-state index is 9.11. The summed E-state index contributed by atoms with van der Waals surface area (Å²) in [5.41, 5.74) is 2.56. The number of nitriles is 1. The van der Waals surface area contributed by atoms with Gasteiger partial charge in [-0.1, -0.05) is 0 Å². The van der Waals surface area contributed by atoms with Crippen molar-refractivity contribution in [2.75, 3.05) is 20.0 Å². The van der Waals surface area contributed by atoms with E-state index in [1.165, 1.54) is 0 Å². The summed E-state index contributed by atoms with van der Waals surface area (Å²) in [4.78, 5) is 6.86. The Hall–Kier alpha value is -1.57. The number of fused-ring (bicyclic) bond motifs is 1. The zero-order valence-corrected chi connectivity index (χ0v) is 13.8. The van der Waals surface area contributed by atoms with Gasteiger partial charge in [-0.25, -0.2) is 4.98 Å². The summed E-state index contributed by atoms with van der Waals surface area (Å²) in [7, 11) is 4.14. The van der Waals surface area contributed by atoms with Crippen molar-refractivity contribution in [3.05, 3.63) is 29.6 Å². The number of halogens is 1. The molecule has 112 valence electrons. The molecule has 2 rings (SSSR count). The molecule has 0 saturated heterocycles. The van der Waals surface area contributed by atoms with E-state index in [-0.39, 0.29) is 5.54 Å². The zero-order chi connectivity index (χ0) is 15.6. The molecule has 0 aliphatic carbocycles. The summed E-state index contributed by atoms with van der Waals surface area (Å²) in [6, 6.07) is 7.82. The van der Waals surface area contributed by atoms with Gasteiger partial charge < -0.3 is 9.47 Å². The molecule has 0 N–H and O–H groups in total. The highest BCUT2D eigenvalue weighted by molar-refractivity contribution is 6.17. The number of nitrogens with zero attached hydrogens (tertiary/aromatic N) is 4. The molecule has 1 heterocycles. The van der Waals surface area contributed by atoms with Crippen molar-refractivity contribution < 1.29 is 0 Å². The predicted octanol–water partition coefficient (Wildman–Crippen LogP) is 3.03. The fraction of sp³-hybridized carbons (Fsp3) is 0.500. The van der Waals surface area contributed by atoms with Gasteiger partial charge in [0.05, 0.1) is 22.7 Å². The Morgan fingerprint density at radius 3 is 2.67 bits per heavy atom. The van der Waals surface area contributed by atoms with E-state index in [1.54, 1.807) is 6.07 Å². The largest absolute Gasteiger partial charge is 0.326 e. The molecule has 0 spiro atoms. The molecule has 5 heteroatoms. The van der Waals surface area contributed by atoms with Gasteiger partial charge in [0.15, 0.2) is 0 Å². The van der Waals surface area contributed by atoms with Crippen LogP contribution in [0.4, 0.5) is 0 Å². The van der Waals surface area contributed by atoms with Crippen molar-refractivity contribution in [3.63, 3.8) is 0 Å². The number of likely N-dealkylation sites (N-methyl/N-ethyl adjacent to an activating group) is 1. The van der Waals surface area contributed by atoms with E-state index < -0.39 is 0 Å². The second-order valence-corrected chi connectivity index (χ2v) is 6.45. The lowest BCUT2D eigenvalue weighted by Gasteiger charge is -2.33. The van der Waals surface area contributed by atoms with Crippen LogP contribution in [0.25, 0.3) is 11.0 Å². The van der Waals surface area contributed by atoms with Crippen LogP contribution in [0.15, 0.2) is 18.2 Å². The topological polar surface area (TPSA) is 44.9 Å². The van der Waals surface area contributed by atoms with Crippen LogP contribution in [0.2, 0.25) is 0 Å². The summed E-state index contributed by atoms with van der Waals surface area (Å²) in [6.07, 6.45) is 0.724. The maximum Gasteiger partial charge on any atom is 0.111 e. The third-order valence-corrected chi connectivity index (χ3v) is 4.22. The van der Waals surface area contributed by atoms with E-state index >= 15 is 0 Å². The number of aryl methyl sites for hydroxylation is 1. The van der Waals surface area contributed by atoms with Gasteiger partial charge in [0.1, 0.15) is 5.82 Å². The van der Waals surface area contributed by atoms with Gasteiger partial charge in [-0.15, -0.1) is 11.6 Å². The fourth-order valence-electron chi connectivity index (χ4n) is 2.22. The molecule has 0 amide bonds. The fourth-order valence-corrected chi connectivity index (χ4v) is 2.39. The lowest BCUT2D eigenvalue weighted by Crippen LogP contribution is -2.42. The Bertz CT molecular complexity index is 679. The van der Waals surface area contributed by atoms with Gasteiger partial charge in [-0.3, -0.25) is 0 Å². The third kappa shape index (κ3) is 3.20. The lowest BCUT2D eigenvalue weighted by atomic mass is 10.0. The average Bonchev–Trinajstić information content (AvgIpc) is 2.76. The van der Waals surface area contributed by atoms with E-state index in [0.717, 1.165) is 29.8 Å². The van der Waals surface area contributed by atoms with Crippen LogP contribution < -0.4 is 0 Å². The number of rotatable bonds is 5. The third-order valence-electron chi connectivity index (χ3n) is 4.03. The Labute approximate surface area is 130 Å². The molecule has 0 bridgehead atoms. The second kappa shape index (κ2) is 6.05. The van der Waals surface area contributed by atoms with Crippen molar-refractivity contribution in [2.24, 2.45) is 0 Å². The van der Waals surface area contributed by atoms with Crippen LogP contribution in [-0.2, 0) is 13.0 Å². The standard InChI is InChI=1S/C16H21ClN4/c1-16(2,20(3)4)11-21-14-9-12(10-18)5-6-13(14)19-15(21)7-8-17/h5-6,9H,7-8,11H2,1-4H3. The van der Waals surface area contributed by atoms with Crippen LogP contribution in [0.5, 0.6) is 0 Å². The van der Waals surface area contributed by atoms with Crippen LogP contribution in [0.3, 0.4) is 0 Å². The highest BCUT2D eigenvalue weighted by Crippen LogP contribution is 2.23. The molecule has 1 aromatic carbocycles. The molecule has 0 aliphatic heterocycles. The van der Waals surface area contributed by atoms with Crippen LogP contribution in [0.1, 0.15) is 25.2 Å². The van der Waals surface area contributed by atoms with Crippen LogP contribution in [0, 0.1) is 11.3 Å². The van der Waals surface area contributed by atoms with E-state index in [2.05, 4.69) is 48.5 Å². The number of aromatic nitrogens is 2. The summed E-state index contributed by atoms with van der Waals surface area (Å²) in [5.74, 6) is 1.52. The highest BCUT2D eigenvalue weighted by atomic mass is 35.5. The van der Waals surface area contributed by atoms with Gasteiger partial charge in [-0.2, -0.15) is 5.26 Å². The van der Waals surface area contributed by atoms with Gasteiger partial charge in [0.25, 0.3) is 0 Å². The van der Waals surface area contributed by atoms with E-state index in [4.69, 9.17) is 16.9 Å². The van der Waals surface area contributed by atoms with Gasteiger partial charge >= 0.3 is 0 Å². The number of alkyl halides is 1. The molecule has 21 heavy (non-hydrogen) atoms. The number of hydrogen-bond acceptors (Lipinski definition) is 3. The molecule has 1 aromatic heterocycles.